The van der Waals surface area contributed by atoms with E-state index in [4.69, 9.17) is 9.47 Å². The summed E-state index contributed by atoms with van der Waals surface area (Å²) in [5.41, 5.74) is 10.1. The number of phenols is 2. The molecule has 4 nitrogen and oxygen atoms in total. The molecule has 5 rings (SSSR count). The van der Waals surface area contributed by atoms with Crippen LogP contribution in [0.1, 0.15) is 82.3 Å². The second-order valence-electron chi connectivity index (χ2n) is 11.6. The van der Waals surface area contributed by atoms with Crippen molar-refractivity contribution >= 4 is 23.5 Å². The monoisotopic (exact) mass is 628 g/mol. The standard InChI is InChI=1S/C38H44O4S2/c1-5-13-43-23-25-15-31-19-27-9-7-11-29(37(27)41-3)21-33-17-26(24-44-14-6-2)18-34(36(33)40)22-30-12-8-10-28(38(30)42-4)20-32(16-25)35(31)39/h7-12,15-18,39-40H,5-6,13-14,19-24H2,1-4H3. The van der Waals surface area contributed by atoms with Crippen LogP contribution in [0.3, 0.4) is 0 Å². The van der Waals surface area contributed by atoms with E-state index in [-0.39, 0.29) is 0 Å². The molecule has 0 saturated heterocycles. The molecule has 8 bridgehead atoms. The van der Waals surface area contributed by atoms with E-state index in [9.17, 15) is 10.2 Å². The lowest BCUT2D eigenvalue weighted by molar-refractivity contribution is 0.404. The maximum atomic E-state index is 11.7. The Morgan fingerprint density at radius 2 is 0.864 bits per heavy atom. The summed E-state index contributed by atoms with van der Waals surface area (Å²) in [6.07, 6.45) is 4.45. The molecule has 4 aromatic carbocycles. The predicted molar refractivity (Wildman–Crippen MR) is 186 cm³/mol. The second-order valence-corrected chi connectivity index (χ2v) is 13.8. The van der Waals surface area contributed by atoms with Crippen molar-refractivity contribution in [2.45, 2.75) is 63.9 Å². The predicted octanol–water partition coefficient (Wildman–Crippen LogP) is 9.08. The van der Waals surface area contributed by atoms with Gasteiger partial charge >= 0.3 is 0 Å². The van der Waals surface area contributed by atoms with Crippen LogP contribution in [0.2, 0.25) is 0 Å². The van der Waals surface area contributed by atoms with Crippen LogP contribution in [-0.4, -0.2) is 35.9 Å². The SMILES string of the molecule is CCCSCc1cc2c(O)c(c1)Cc1cccc(c1OC)Cc1cc(CSCCC)cc(c1O)Cc1cccc(c1OC)C2. The Balaban J connectivity index is 1.70. The van der Waals surface area contributed by atoms with Crippen molar-refractivity contribution in [1.29, 1.82) is 0 Å². The fourth-order valence-corrected chi connectivity index (χ4v) is 7.89. The van der Waals surface area contributed by atoms with Gasteiger partial charge in [0.25, 0.3) is 0 Å². The van der Waals surface area contributed by atoms with Crippen molar-refractivity contribution in [2.75, 3.05) is 25.7 Å². The van der Waals surface area contributed by atoms with Gasteiger partial charge in [0, 0.05) is 37.2 Å². The Bertz CT molecular complexity index is 1390. The van der Waals surface area contributed by atoms with E-state index in [1.165, 1.54) is 11.1 Å². The molecule has 1 aliphatic carbocycles. The minimum atomic E-state index is 0.332. The fraction of sp³-hybridized carbons (Fsp3) is 0.368. The van der Waals surface area contributed by atoms with E-state index in [1.54, 1.807) is 14.2 Å². The Kier molecular flexibility index (Phi) is 11.1. The Morgan fingerprint density at radius 1 is 0.545 bits per heavy atom. The van der Waals surface area contributed by atoms with Gasteiger partial charge in [-0.2, -0.15) is 23.5 Å². The van der Waals surface area contributed by atoms with Crippen LogP contribution in [0.15, 0.2) is 60.7 Å². The van der Waals surface area contributed by atoms with Gasteiger partial charge in [0.2, 0.25) is 0 Å². The van der Waals surface area contributed by atoms with Crippen molar-refractivity contribution in [3.63, 3.8) is 0 Å². The molecular formula is C38H44O4S2. The van der Waals surface area contributed by atoms with E-state index in [0.29, 0.717) is 37.2 Å². The molecule has 0 atom stereocenters. The summed E-state index contributed by atoms with van der Waals surface area (Å²) in [4.78, 5) is 0. The van der Waals surface area contributed by atoms with Gasteiger partial charge in [0.05, 0.1) is 14.2 Å². The van der Waals surface area contributed by atoms with E-state index in [2.05, 4.69) is 74.5 Å². The number of para-hydroxylation sites is 2. The zero-order chi connectivity index (χ0) is 31.1. The molecule has 4 aromatic rings. The van der Waals surface area contributed by atoms with Crippen LogP contribution >= 0.6 is 23.5 Å². The molecule has 0 radical (unpaired) electrons. The summed E-state index contributed by atoms with van der Waals surface area (Å²) in [7, 11) is 3.43. The van der Waals surface area contributed by atoms with Gasteiger partial charge in [0.15, 0.2) is 0 Å². The van der Waals surface area contributed by atoms with Crippen molar-refractivity contribution in [1.82, 2.24) is 0 Å². The number of methoxy groups -OCH3 is 2. The molecule has 1 aliphatic rings. The van der Waals surface area contributed by atoms with Crippen LogP contribution in [0.4, 0.5) is 0 Å². The largest absolute Gasteiger partial charge is 0.507 e. The van der Waals surface area contributed by atoms with Crippen molar-refractivity contribution in [3.8, 4) is 23.0 Å². The number of hydrogen-bond acceptors (Lipinski definition) is 6. The molecule has 0 aromatic heterocycles. The van der Waals surface area contributed by atoms with Gasteiger partial charge in [-0.15, -0.1) is 0 Å². The highest BCUT2D eigenvalue weighted by Crippen LogP contribution is 2.39. The lowest BCUT2D eigenvalue weighted by Gasteiger charge is -2.20. The quantitative estimate of drug-likeness (QED) is 0.151. The molecule has 6 heteroatoms. The van der Waals surface area contributed by atoms with Gasteiger partial charge in [-0.05, 0) is 80.0 Å². The average molecular weight is 629 g/mol. The minimum absolute atomic E-state index is 0.332. The Labute approximate surface area is 271 Å². The maximum Gasteiger partial charge on any atom is 0.125 e. The number of phenolic OH excluding ortho intramolecular Hbond substituents is 2. The molecule has 0 heterocycles. The molecule has 2 N–H and O–H groups in total. The number of ether oxygens (including phenoxy) is 2. The highest BCUT2D eigenvalue weighted by atomic mass is 32.2. The normalized spacial score (nSPS) is 12.6. The van der Waals surface area contributed by atoms with E-state index >= 15 is 0 Å². The van der Waals surface area contributed by atoms with Gasteiger partial charge in [-0.3, -0.25) is 0 Å². The summed E-state index contributed by atoms with van der Waals surface area (Å²) in [5.74, 6) is 6.28. The maximum absolute atomic E-state index is 11.7. The molecule has 0 amide bonds. The molecule has 0 fully saturated rings. The topological polar surface area (TPSA) is 58.9 Å². The van der Waals surface area contributed by atoms with Crippen LogP contribution in [0.5, 0.6) is 23.0 Å². The first-order valence-electron chi connectivity index (χ1n) is 15.6. The first-order valence-corrected chi connectivity index (χ1v) is 17.9. The second kappa shape index (κ2) is 15.2. The van der Waals surface area contributed by atoms with E-state index in [0.717, 1.165) is 91.9 Å². The lowest BCUT2D eigenvalue weighted by Crippen LogP contribution is -2.05. The van der Waals surface area contributed by atoms with Crippen molar-refractivity contribution in [2.24, 2.45) is 0 Å². The summed E-state index contributed by atoms with van der Waals surface area (Å²) >= 11 is 3.85. The summed E-state index contributed by atoms with van der Waals surface area (Å²) in [5, 5.41) is 23.4. The third-order valence-corrected chi connectivity index (χ3v) is 10.6. The van der Waals surface area contributed by atoms with Gasteiger partial charge in [-0.25, -0.2) is 0 Å². The first kappa shape index (κ1) is 32.2. The minimum Gasteiger partial charge on any atom is -0.507 e. The molecule has 44 heavy (non-hydrogen) atoms. The number of rotatable bonds is 10. The molecule has 0 spiro atoms. The summed E-state index contributed by atoms with van der Waals surface area (Å²) < 4.78 is 12.1. The zero-order valence-electron chi connectivity index (χ0n) is 26.4. The highest BCUT2D eigenvalue weighted by molar-refractivity contribution is 7.98. The summed E-state index contributed by atoms with van der Waals surface area (Å²) in [6.45, 7) is 4.41. The van der Waals surface area contributed by atoms with Gasteiger partial charge in [0.1, 0.15) is 23.0 Å². The molecule has 0 aliphatic heterocycles. The van der Waals surface area contributed by atoms with Crippen LogP contribution in [-0.2, 0) is 37.2 Å². The first-order chi connectivity index (χ1) is 21.4. The molecule has 0 saturated carbocycles. The van der Waals surface area contributed by atoms with E-state index in [1.807, 2.05) is 23.5 Å². The number of fused-ring (bicyclic) bond motifs is 8. The summed E-state index contributed by atoms with van der Waals surface area (Å²) in [6, 6.07) is 21.1. The average Bonchev–Trinajstić information content (AvgIpc) is 3.01. The highest BCUT2D eigenvalue weighted by Gasteiger charge is 2.21. The van der Waals surface area contributed by atoms with Crippen LogP contribution < -0.4 is 9.47 Å². The zero-order valence-corrected chi connectivity index (χ0v) is 28.0. The van der Waals surface area contributed by atoms with E-state index < -0.39 is 0 Å². The number of thioether (sulfide) groups is 2. The number of hydrogen-bond donors (Lipinski definition) is 2. The van der Waals surface area contributed by atoms with Crippen LogP contribution in [0.25, 0.3) is 0 Å². The fourth-order valence-electron chi connectivity index (χ4n) is 6.22. The van der Waals surface area contributed by atoms with Gasteiger partial charge < -0.3 is 19.7 Å². The van der Waals surface area contributed by atoms with Crippen molar-refractivity contribution < 1.29 is 19.7 Å². The Hall–Kier alpha value is -3.22. The van der Waals surface area contributed by atoms with Crippen molar-refractivity contribution in [3.05, 3.63) is 116 Å². The lowest BCUT2D eigenvalue weighted by atomic mass is 9.90. The van der Waals surface area contributed by atoms with Crippen LogP contribution in [0, 0.1) is 0 Å². The molecular weight excluding hydrogens is 585 g/mol. The number of aromatic hydroxyl groups is 2. The Morgan fingerprint density at radius 3 is 1.14 bits per heavy atom. The molecule has 0 unspecified atom stereocenters. The third-order valence-electron chi connectivity index (χ3n) is 8.18. The smallest absolute Gasteiger partial charge is 0.125 e. The molecule has 232 valence electrons. The number of benzene rings is 4. The third kappa shape index (κ3) is 7.35. The van der Waals surface area contributed by atoms with Gasteiger partial charge in [-0.1, -0.05) is 74.5 Å².